The number of aromatic nitrogens is 2. The van der Waals surface area contributed by atoms with Crippen LogP contribution in [0, 0.1) is 6.92 Å². The summed E-state index contributed by atoms with van der Waals surface area (Å²) in [4.78, 5) is 30.4. The van der Waals surface area contributed by atoms with Gasteiger partial charge in [0.25, 0.3) is 5.91 Å². The van der Waals surface area contributed by atoms with Crippen LogP contribution in [-0.2, 0) is 13.2 Å². The summed E-state index contributed by atoms with van der Waals surface area (Å²) in [6, 6.07) is 20.5. The molecule has 1 amide bonds. The molecule has 0 fully saturated rings. The van der Waals surface area contributed by atoms with Crippen LogP contribution in [0.4, 0.5) is 5.69 Å². The van der Waals surface area contributed by atoms with Crippen LogP contribution in [-0.4, -0.2) is 15.5 Å². The lowest BCUT2D eigenvalue weighted by Gasteiger charge is -2.13. The summed E-state index contributed by atoms with van der Waals surface area (Å²) in [6.45, 7) is 5.06. The number of fused-ring (bicyclic) bond motifs is 1. The van der Waals surface area contributed by atoms with Crippen molar-refractivity contribution in [1.29, 1.82) is 0 Å². The predicted molar refractivity (Wildman–Crippen MR) is 126 cm³/mol. The van der Waals surface area contributed by atoms with Gasteiger partial charge in [-0.25, -0.2) is 4.98 Å². The Balaban J connectivity index is 1.53. The number of ether oxygens (including phenoxy) is 1. The van der Waals surface area contributed by atoms with Crippen molar-refractivity contribution in [2.75, 3.05) is 5.32 Å². The molecule has 4 rings (SSSR count). The minimum absolute atomic E-state index is 0.0982. The Kier molecular flexibility index (Phi) is 6.31. The zero-order valence-electron chi connectivity index (χ0n) is 18.2. The maximum absolute atomic E-state index is 13.0. The van der Waals surface area contributed by atoms with Gasteiger partial charge in [-0.05, 0) is 55.3 Å². The molecule has 0 saturated heterocycles. The molecular weight excluding hydrogens is 402 g/mol. The van der Waals surface area contributed by atoms with Crippen LogP contribution < -0.4 is 15.5 Å². The van der Waals surface area contributed by atoms with E-state index in [1.165, 1.54) is 0 Å². The largest absolute Gasteiger partial charge is 0.489 e. The number of rotatable bonds is 7. The fraction of sp³-hybridized carbons (Fsp3) is 0.192. The molecule has 4 aromatic rings. The first-order chi connectivity index (χ1) is 15.5. The molecule has 2 aromatic carbocycles. The Labute approximate surface area is 186 Å². The zero-order chi connectivity index (χ0) is 22.5. The highest BCUT2D eigenvalue weighted by atomic mass is 16.5. The topological polar surface area (TPSA) is 73.2 Å². The van der Waals surface area contributed by atoms with Crippen molar-refractivity contribution >= 4 is 22.6 Å². The first-order valence-corrected chi connectivity index (χ1v) is 10.6. The van der Waals surface area contributed by atoms with Crippen LogP contribution in [0.5, 0.6) is 5.75 Å². The summed E-state index contributed by atoms with van der Waals surface area (Å²) in [5, 5.41) is 3.26. The molecule has 0 atom stereocenters. The van der Waals surface area contributed by atoms with Crippen LogP contribution in [0.1, 0.15) is 35.0 Å². The lowest BCUT2D eigenvalue weighted by atomic mass is 10.1. The second-order valence-corrected chi connectivity index (χ2v) is 7.64. The van der Waals surface area contributed by atoms with E-state index in [1.807, 2.05) is 48.7 Å². The summed E-state index contributed by atoms with van der Waals surface area (Å²) >= 11 is 0. The average Bonchev–Trinajstić information content (AvgIpc) is 2.81. The van der Waals surface area contributed by atoms with Gasteiger partial charge in [-0.3, -0.25) is 9.59 Å². The fourth-order valence-corrected chi connectivity index (χ4v) is 3.51. The van der Waals surface area contributed by atoms with Gasteiger partial charge in [-0.2, -0.15) is 0 Å². The molecule has 0 bridgehead atoms. The number of benzene rings is 2. The number of hydrogen-bond acceptors (Lipinski definition) is 4. The second kappa shape index (κ2) is 9.47. The highest BCUT2D eigenvalue weighted by Crippen LogP contribution is 2.18. The van der Waals surface area contributed by atoms with Crippen molar-refractivity contribution in [2.45, 2.75) is 33.4 Å². The molecular formula is C26H25N3O3. The molecule has 6 nitrogen and oxygen atoms in total. The van der Waals surface area contributed by atoms with Crippen molar-refractivity contribution in [1.82, 2.24) is 9.55 Å². The normalized spacial score (nSPS) is 10.8. The van der Waals surface area contributed by atoms with Crippen molar-refractivity contribution in [3.63, 3.8) is 0 Å². The number of nitrogens with zero attached hydrogens (tertiary/aromatic N) is 2. The van der Waals surface area contributed by atoms with E-state index in [-0.39, 0.29) is 11.0 Å². The van der Waals surface area contributed by atoms with E-state index >= 15 is 0 Å². The van der Waals surface area contributed by atoms with Crippen molar-refractivity contribution in [3.8, 4) is 5.75 Å². The number of hydrogen-bond donors (Lipinski definition) is 1. The summed E-state index contributed by atoms with van der Waals surface area (Å²) in [5.74, 6) is 0.254. The van der Waals surface area contributed by atoms with Gasteiger partial charge in [0, 0.05) is 24.1 Å². The van der Waals surface area contributed by atoms with E-state index in [4.69, 9.17) is 4.74 Å². The minimum Gasteiger partial charge on any atom is -0.489 e. The van der Waals surface area contributed by atoms with E-state index < -0.39 is 5.91 Å². The van der Waals surface area contributed by atoms with E-state index in [9.17, 15) is 9.59 Å². The highest BCUT2D eigenvalue weighted by Gasteiger charge is 2.16. The summed E-state index contributed by atoms with van der Waals surface area (Å²) < 4.78 is 7.66. The number of anilines is 1. The SMILES string of the molecule is CCCn1cc(C(=O)Nc2ccc(OCc3ccccc3)cc2)c(=O)c2ccc(C)nc21. The first-order valence-electron chi connectivity index (χ1n) is 10.6. The number of amides is 1. The number of nitrogens with one attached hydrogen (secondary N) is 1. The number of carbonyl (C=O) groups is 1. The standard InChI is InChI=1S/C26H25N3O3/c1-3-15-29-16-23(24(30)22-14-9-18(2)27-25(22)29)26(31)28-20-10-12-21(13-11-20)32-17-19-7-5-4-6-8-19/h4-14,16H,3,15,17H2,1-2H3,(H,28,31). The molecule has 0 aliphatic rings. The lowest BCUT2D eigenvalue weighted by Crippen LogP contribution is -2.24. The van der Waals surface area contributed by atoms with Gasteiger partial charge in [0.15, 0.2) is 0 Å². The van der Waals surface area contributed by atoms with Gasteiger partial charge < -0.3 is 14.6 Å². The molecule has 0 aliphatic carbocycles. The van der Waals surface area contributed by atoms with Gasteiger partial charge in [-0.1, -0.05) is 37.3 Å². The third kappa shape index (κ3) is 4.70. The van der Waals surface area contributed by atoms with Crippen molar-refractivity contribution in [3.05, 3.63) is 100.0 Å². The van der Waals surface area contributed by atoms with Crippen molar-refractivity contribution in [2.24, 2.45) is 0 Å². The Bertz CT molecular complexity index is 1300. The molecule has 6 heteroatoms. The zero-order valence-corrected chi connectivity index (χ0v) is 18.2. The summed E-state index contributed by atoms with van der Waals surface area (Å²) in [5.41, 5.74) is 2.88. The van der Waals surface area contributed by atoms with E-state index in [1.54, 1.807) is 42.6 Å². The number of pyridine rings is 2. The molecule has 0 radical (unpaired) electrons. The fourth-order valence-electron chi connectivity index (χ4n) is 3.51. The Morgan fingerprint density at radius 2 is 1.78 bits per heavy atom. The minimum atomic E-state index is -0.444. The molecule has 32 heavy (non-hydrogen) atoms. The van der Waals surface area contributed by atoms with Crippen LogP contribution in [0.25, 0.3) is 11.0 Å². The van der Waals surface area contributed by atoms with Crippen LogP contribution in [0.3, 0.4) is 0 Å². The third-order valence-electron chi connectivity index (χ3n) is 5.13. The maximum Gasteiger partial charge on any atom is 0.261 e. The van der Waals surface area contributed by atoms with Gasteiger partial charge in [0.2, 0.25) is 5.43 Å². The molecule has 0 unspecified atom stereocenters. The first kappa shape index (κ1) is 21.3. The average molecular weight is 428 g/mol. The van der Waals surface area contributed by atoms with Gasteiger partial charge in [0.05, 0.1) is 5.39 Å². The van der Waals surface area contributed by atoms with Crippen LogP contribution in [0.2, 0.25) is 0 Å². The highest BCUT2D eigenvalue weighted by molar-refractivity contribution is 6.05. The predicted octanol–water partition coefficient (Wildman–Crippen LogP) is 4.95. The maximum atomic E-state index is 13.0. The Morgan fingerprint density at radius 1 is 1.03 bits per heavy atom. The molecule has 0 aliphatic heterocycles. The summed E-state index contributed by atoms with van der Waals surface area (Å²) in [6.07, 6.45) is 2.46. The van der Waals surface area contributed by atoms with Crippen LogP contribution in [0.15, 0.2) is 77.7 Å². The molecule has 2 heterocycles. The van der Waals surface area contributed by atoms with Crippen LogP contribution >= 0.6 is 0 Å². The van der Waals surface area contributed by atoms with Gasteiger partial charge in [-0.15, -0.1) is 0 Å². The second-order valence-electron chi connectivity index (χ2n) is 7.64. The molecule has 0 saturated carbocycles. The van der Waals surface area contributed by atoms with E-state index in [0.29, 0.717) is 35.6 Å². The van der Waals surface area contributed by atoms with E-state index in [0.717, 1.165) is 17.7 Å². The Morgan fingerprint density at radius 3 is 2.50 bits per heavy atom. The number of aryl methyl sites for hydroxylation is 2. The smallest absolute Gasteiger partial charge is 0.261 e. The summed E-state index contributed by atoms with van der Waals surface area (Å²) in [7, 11) is 0. The molecule has 162 valence electrons. The monoisotopic (exact) mass is 427 g/mol. The number of carbonyl (C=O) groups excluding carboxylic acids is 1. The Hall–Kier alpha value is -3.93. The van der Waals surface area contributed by atoms with Crippen molar-refractivity contribution < 1.29 is 9.53 Å². The molecule has 0 spiro atoms. The van der Waals surface area contributed by atoms with Gasteiger partial charge in [0.1, 0.15) is 23.6 Å². The third-order valence-corrected chi connectivity index (χ3v) is 5.13. The molecule has 2 aromatic heterocycles. The quantitative estimate of drug-likeness (QED) is 0.453. The lowest BCUT2D eigenvalue weighted by molar-refractivity contribution is 0.102. The molecule has 1 N–H and O–H groups in total. The van der Waals surface area contributed by atoms with Gasteiger partial charge >= 0.3 is 0 Å². The van der Waals surface area contributed by atoms with E-state index in [2.05, 4.69) is 10.3 Å².